The predicted octanol–water partition coefficient (Wildman–Crippen LogP) is 2.51. The first-order chi connectivity index (χ1) is 8.11. The molecular formula is C13H22N2O2. The van der Waals surface area contributed by atoms with E-state index in [1.165, 1.54) is 6.42 Å². The smallest absolute Gasteiger partial charge is 0.229 e. The minimum atomic E-state index is -0.631. The number of aryl methyl sites for hydroxylation is 1. The summed E-state index contributed by atoms with van der Waals surface area (Å²) in [5, 5.41) is 14.4. The molecule has 2 atom stereocenters. The van der Waals surface area contributed by atoms with Crippen LogP contribution in [0.3, 0.4) is 0 Å². The summed E-state index contributed by atoms with van der Waals surface area (Å²) in [7, 11) is 0. The fraction of sp³-hybridized carbons (Fsp3) is 0.846. The summed E-state index contributed by atoms with van der Waals surface area (Å²) in [6.45, 7) is 4.28. The molecule has 1 saturated carbocycles. The second kappa shape index (κ2) is 5.17. The van der Waals surface area contributed by atoms with Gasteiger partial charge in [0.15, 0.2) is 5.82 Å². The van der Waals surface area contributed by atoms with Gasteiger partial charge in [-0.05, 0) is 25.2 Å². The Hall–Kier alpha value is -0.900. The number of aliphatic hydroxyl groups is 1. The Balaban J connectivity index is 1.98. The van der Waals surface area contributed by atoms with E-state index in [-0.39, 0.29) is 0 Å². The van der Waals surface area contributed by atoms with Crippen LogP contribution in [0.15, 0.2) is 4.52 Å². The van der Waals surface area contributed by atoms with E-state index in [1.54, 1.807) is 0 Å². The van der Waals surface area contributed by atoms with E-state index in [9.17, 15) is 5.11 Å². The molecule has 1 heterocycles. The number of aromatic nitrogens is 2. The average molecular weight is 238 g/mol. The minimum Gasteiger partial charge on any atom is -0.389 e. The molecule has 0 spiro atoms. The van der Waals surface area contributed by atoms with Crippen LogP contribution in [-0.4, -0.2) is 20.8 Å². The Morgan fingerprint density at radius 1 is 1.53 bits per heavy atom. The molecule has 0 unspecified atom stereocenters. The molecule has 4 heteroatoms. The van der Waals surface area contributed by atoms with E-state index in [4.69, 9.17) is 4.52 Å². The molecule has 1 aromatic heterocycles. The van der Waals surface area contributed by atoms with Gasteiger partial charge in [-0.25, -0.2) is 0 Å². The molecule has 0 amide bonds. The standard InChI is InChI=1S/C13H22N2O2/c1-3-5-11-14-12(17-15-11)9-13(16)7-4-6-10(2)8-13/h10,16H,3-9H2,1-2H3/t10-,13-/m1/s1. The third kappa shape index (κ3) is 3.28. The topological polar surface area (TPSA) is 59.2 Å². The maximum absolute atomic E-state index is 10.5. The van der Waals surface area contributed by atoms with Gasteiger partial charge in [-0.3, -0.25) is 0 Å². The Bertz CT molecular complexity index is 364. The van der Waals surface area contributed by atoms with Crippen LogP contribution in [0, 0.1) is 5.92 Å². The van der Waals surface area contributed by atoms with Crippen LogP contribution < -0.4 is 0 Å². The van der Waals surface area contributed by atoms with E-state index in [1.807, 2.05) is 0 Å². The monoisotopic (exact) mass is 238 g/mol. The Labute approximate surface area is 102 Å². The predicted molar refractivity (Wildman–Crippen MR) is 64.6 cm³/mol. The molecule has 1 fully saturated rings. The highest BCUT2D eigenvalue weighted by molar-refractivity contribution is 4.95. The highest BCUT2D eigenvalue weighted by Crippen LogP contribution is 2.34. The normalized spacial score (nSPS) is 29.5. The molecule has 17 heavy (non-hydrogen) atoms. The summed E-state index contributed by atoms with van der Waals surface area (Å²) in [6.07, 6.45) is 6.37. The lowest BCUT2D eigenvalue weighted by Crippen LogP contribution is -2.36. The van der Waals surface area contributed by atoms with Crippen LogP contribution in [0.4, 0.5) is 0 Å². The number of hydrogen-bond acceptors (Lipinski definition) is 4. The van der Waals surface area contributed by atoms with Crippen LogP contribution in [-0.2, 0) is 12.8 Å². The van der Waals surface area contributed by atoms with Gasteiger partial charge in [-0.15, -0.1) is 0 Å². The molecule has 1 aliphatic carbocycles. The quantitative estimate of drug-likeness (QED) is 0.875. The Morgan fingerprint density at radius 3 is 3.06 bits per heavy atom. The molecule has 0 saturated heterocycles. The fourth-order valence-electron chi connectivity index (χ4n) is 2.76. The van der Waals surface area contributed by atoms with Crippen molar-refractivity contribution in [2.24, 2.45) is 5.92 Å². The lowest BCUT2D eigenvalue weighted by molar-refractivity contribution is -0.0180. The third-order valence-electron chi connectivity index (χ3n) is 3.53. The van der Waals surface area contributed by atoms with Gasteiger partial charge in [-0.2, -0.15) is 4.98 Å². The Morgan fingerprint density at radius 2 is 2.35 bits per heavy atom. The zero-order chi connectivity index (χ0) is 12.3. The first kappa shape index (κ1) is 12.6. The van der Waals surface area contributed by atoms with Gasteiger partial charge in [0.05, 0.1) is 12.0 Å². The van der Waals surface area contributed by atoms with Crippen molar-refractivity contribution in [1.29, 1.82) is 0 Å². The molecule has 96 valence electrons. The maximum Gasteiger partial charge on any atom is 0.229 e. The first-order valence-electron chi connectivity index (χ1n) is 6.65. The highest BCUT2D eigenvalue weighted by Gasteiger charge is 2.34. The summed E-state index contributed by atoms with van der Waals surface area (Å²) in [4.78, 5) is 4.33. The molecule has 0 radical (unpaired) electrons. The van der Waals surface area contributed by atoms with Crippen molar-refractivity contribution >= 4 is 0 Å². The Kier molecular flexibility index (Phi) is 3.82. The zero-order valence-electron chi connectivity index (χ0n) is 10.8. The molecule has 1 aromatic rings. The minimum absolute atomic E-state index is 0.508. The van der Waals surface area contributed by atoms with E-state index < -0.39 is 5.60 Å². The lowest BCUT2D eigenvalue weighted by Gasteiger charge is -2.34. The van der Waals surface area contributed by atoms with Crippen molar-refractivity contribution in [3.63, 3.8) is 0 Å². The molecule has 1 aliphatic rings. The van der Waals surface area contributed by atoms with Crippen LogP contribution in [0.2, 0.25) is 0 Å². The number of hydrogen-bond donors (Lipinski definition) is 1. The van der Waals surface area contributed by atoms with Gasteiger partial charge in [-0.1, -0.05) is 31.8 Å². The van der Waals surface area contributed by atoms with E-state index >= 15 is 0 Å². The second-order valence-electron chi connectivity index (χ2n) is 5.46. The van der Waals surface area contributed by atoms with Gasteiger partial charge in [0, 0.05) is 6.42 Å². The summed E-state index contributed by atoms with van der Waals surface area (Å²) in [5.41, 5.74) is -0.631. The molecule has 0 bridgehead atoms. The first-order valence-corrected chi connectivity index (χ1v) is 6.65. The highest BCUT2D eigenvalue weighted by atomic mass is 16.5. The maximum atomic E-state index is 10.5. The van der Waals surface area contributed by atoms with Gasteiger partial charge in [0.25, 0.3) is 0 Å². The van der Waals surface area contributed by atoms with Gasteiger partial charge in [0.2, 0.25) is 5.89 Å². The van der Waals surface area contributed by atoms with Crippen molar-refractivity contribution in [2.45, 2.75) is 64.4 Å². The van der Waals surface area contributed by atoms with E-state index in [0.717, 1.165) is 37.9 Å². The lowest BCUT2D eigenvalue weighted by atomic mass is 9.77. The second-order valence-corrected chi connectivity index (χ2v) is 5.46. The van der Waals surface area contributed by atoms with E-state index in [0.29, 0.717) is 18.2 Å². The molecule has 1 N–H and O–H groups in total. The average Bonchev–Trinajstić information content (AvgIpc) is 2.64. The molecule has 0 aliphatic heterocycles. The molecule has 4 nitrogen and oxygen atoms in total. The molecule has 0 aromatic carbocycles. The van der Waals surface area contributed by atoms with Crippen molar-refractivity contribution in [3.05, 3.63) is 11.7 Å². The van der Waals surface area contributed by atoms with Crippen molar-refractivity contribution in [2.75, 3.05) is 0 Å². The van der Waals surface area contributed by atoms with Crippen LogP contribution in [0.5, 0.6) is 0 Å². The summed E-state index contributed by atoms with van der Waals surface area (Å²) >= 11 is 0. The largest absolute Gasteiger partial charge is 0.389 e. The van der Waals surface area contributed by atoms with Crippen LogP contribution in [0.1, 0.15) is 57.7 Å². The van der Waals surface area contributed by atoms with Gasteiger partial charge in [0.1, 0.15) is 0 Å². The van der Waals surface area contributed by atoms with Crippen LogP contribution in [0.25, 0.3) is 0 Å². The summed E-state index contributed by atoms with van der Waals surface area (Å²) in [6, 6.07) is 0. The van der Waals surface area contributed by atoms with Crippen molar-refractivity contribution < 1.29 is 9.63 Å². The number of rotatable bonds is 4. The fourth-order valence-corrected chi connectivity index (χ4v) is 2.76. The van der Waals surface area contributed by atoms with Crippen LogP contribution >= 0.6 is 0 Å². The summed E-state index contributed by atoms with van der Waals surface area (Å²) in [5.74, 6) is 1.94. The van der Waals surface area contributed by atoms with Gasteiger partial charge < -0.3 is 9.63 Å². The SMILES string of the molecule is CCCc1noc(C[C@@]2(O)CCC[C@@H](C)C2)n1. The zero-order valence-corrected chi connectivity index (χ0v) is 10.8. The number of nitrogens with zero attached hydrogens (tertiary/aromatic N) is 2. The molecular weight excluding hydrogens is 216 g/mol. The summed E-state index contributed by atoms with van der Waals surface area (Å²) < 4.78 is 5.20. The molecule has 2 rings (SSSR count). The van der Waals surface area contributed by atoms with Crippen molar-refractivity contribution in [3.8, 4) is 0 Å². The van der Waals surface area contributed by atoms with E-state index in [2.05, 4.69) is 24.0 Å². The third-order valence-corrected chi connectivity index (χ3v) is 3.53. The van der Waals surface area contributed by atoms with Crippen molar-refractivity contribution in [1.82, 2.24) is 10.1 Å². The van der Waals surface area contributed by atoms with Gasteiger partial charge >= 0.3 is 0 Å².